The summed E-state index contributed by atoms with van der Waals surface area (Å²) in [6.07, 6.45) is 1.27. The largest absolute Gasteiger partial charge is 0.360 e. The molecule has 0 fully saturated rings. The second-order valence-electron chi connectivity index (χ2n) is 4.70. The van der Waals surface area contributed by atoms with Crippen LogP contribution in [0.3, 0.4) is 0 Å². The van der Waals surface area contributed by atoms with E-state index >= 15 is 0 Å². The van der Waals surface area contributed by atoms with E-state index < -0.39 is 10.8 Å². The summed E-state index contributed by atoms with van der Waals surface area (Å²) in [5.74, 6) is -0.697. The second-order valence-corrected chi connectivity index (χ2v) is 6.35. The molecular formula is C16H10ClIN4O3. The first-order valence-corrected chi connectivity index (χ1v) is 8.24. The maximum Gasteiger partial charge on any atom is 0.289 e. The van der Waals surface area contributed by atoms with Crippen molar-refractivity contribution in [2.75, 3.05) is 10.6 Å². The van der Waals surface area contributed by atoms with Crippen LogP contribution in [-0.2, 0) is 4.79 Å². The van der Waals surface area contributed by atoms with Crippen LogP contribution >= 0.6 is 34.2 Å². The van der Waals surface area contributed by atoms with Crippen LogP contribution in [0.5, 0.6) is 0 Å². The number of carbonyl (C=O) groups is 1. The molecule has 0 heterocycles. The van der Waals surface area contributed by atoms with Gasteiger partial charge >= 0.3 is 0 Å². The van der Waals surface area contributed by atoms with Crippen molar-refractivity contribution in [1.82, 2.24) is 0 Å². The van der Waals surface area contributed by atoms with Crippen molar-refractivity contribution in [3.63, 3.8) is 0 Å². The molecule has 25 heavy (non-hydrogen) atoms. The molecule has 0 aromatic heterocycles. The molecule has 7 nitrogen and oxygen atoms in total. The lowest BCUT2D eigenvalue weighted by atomic mass is 10.2. The Balaban J connectivity index is 2.13. The lowest BCUT2D eigenvalue weighted by molar-refractivity contribution is -0.384. The monoisotopic (exact) mass is 468 g/mol. The van der Waals surface area contributed by atoms with Gasteiger partial charge in [0.05, 0.1) is 4.92 Å². The van der Waals surface area contributed by atoms with Crippen molar-refractivity contribution in [2.45, 2.75) is 0 Å². The molecule has 2 N–H and O–H groups in total. The van der Waals surface area contributed by atoms with Crippen molar-refractivity contribution in [3.05, 3.63) is 72.9 Å². The van der Waals surface area contributed by atoms with Gasteiger partial charge in [-0.2, -0.15) is 5.26 Å². The van der Waals surface area contributed by atoms with E-state index in [4.69, 9.17) is 16.9 Å². The fourth-order valence-corrected chi connectivity index (χ4v) is 2.33. The van der Waals surface area contributed by atoms with Gasteiger partial charge in [-0.1, -0.05) is 11.6 Å². The molecule has 0 saturated heterocycles. The Morgan fingerprint density at radius 2 is 1.88 bits per heavy atom. The molecule has 1 amide bonds. The fourth-order valence-electron chi connectivity index (χ4n) is 1.78. The average molecular weight is 469 g/mol. The predicted octanol–water partition coefficient (Wildman–Crippen LogP) is 4.31. The first kappa shape index (κ1) is 18.7. The van der Waals surface area contributed by atoms with Gasteiger partial charge in [0.1, 0.15) is 16.7 Å². The lowest BCUT2D eigenvalue weighted by Gasteiger charge is -2.06. The summed E-state index contributed by atoms with van der Waals surface area (Å²) >= 11 is 7.88. The number of nitriles is 1. The first-order valence-electron chi connectivity index (χ1n) is 6.78. The molecule has 0 radical (unpaired) electrons. The Labute approximate surface area is 161 Å². The van der Waals surface area contributed by atoms with E-state index in [0.717, 1.165) is 9.64 Å². The van der Waals surface area contributed by atoms with Crippen molar-refractivity contribution < 1.29 is 9.72 Å². The van der Waals surface area contributed by atoms with E-state index in [2.05, 4.69) is 33.2 Å². The van der Waals surface area contributed by atoms with E-state index in [1.165, 1.54) is 18.3 Å². The van der Waals surface area contributed by atoms with Crippen LogP contribution in [0.25, 0.3) is 0 Å². The van der Waals surface area contributed by atoms with Gasteiger partial charge in [0.25, 0.3) is 11.6 Å². The number of nitrogens with one attached hydrogen (secondary N) is 2. The number of rotatable bonds is 5. The Kier molecular flexibility index (Phi) is 6.32. The van der Waals surface area contributed by atoms with Gasteiger partial charge in [0.2, 0.25) is 0 Å². The van der Waals surface area contributed by atoms with Gasteiger partial charge < -0.3 is 10.6 Å². The van der Waals surface area contributed by atoms with E-state index in [0.29, 0.717) is 5.69 Å². The quantitative estimate of drug-likeness (QED) is 0.223. The molecule has 9 heteroatoms. The Hall–Kier alpha value is -2.64. The number of benzene rings is 2. The number of nitro groups is 1. The molecule has 0 atom stereocenters. The minimum absolute atomic E-state index is 0.0422. The molecule has 0 aliphatic heterocycles. The molecule has 0 aliphatic rings. The Bertz CT molecular complexity index is 891. The van der Waals surface area contributed by atoms with Gasteiger partial charge in [-0.3, -0.25) is 14.9 Å². The van der Waals surface area contributed by atoms with Gasteiger partial charge in [0.15, 0.2) is 0 Å². The van der Waals surface area contributed by atoms with Crippen LogP contribution in [0.2, 0.25) is 5.02 Å². The third-order valence-electron chi connectivity index (χ3n) is 2.99. The van der Waals surface area contributed by atoms with Crippen LogP contribution in [-0.4, -0.2) is 10.8 Å². The highest BCUT2D eigenvalue weighted by molar-refractivity contribution is 14.1. The number of amides is 1. The first-order chi connectivity index (χ1) is 11.9. The number of hydrogen-bond donors (Lipinski definition) is 2. The number of anilines is 2. The molecular weight excluding hydrogens is 459 g/mol. The topological polar surface area (TPSA) is 108 Å². The van der Waals surface area contributed by atoms with Crippen molar-refractivity contribution in [1.29, 1.82) is 5.26 Å². The molecule has 0 bridgehead atoms. The van der Waals surface area contributed by atoms with Crippen LogP contribution in [0.4, 0.5) is 17.1 Å². The second kappa shape index (κ2) is 8.46. The van der Waals surface area contributed by atoms with Crippen molar-refractivity contribution >= 4 is 57.2 Å². The zero-order valence-electron chi connectivity index (χ0n) is 12.5. The number of nitrogens with zero attached hydrogens (tertiary/aromatic N) is 2. The number of carbonyl (C=O) groups excluding carboxylic acids is 1. The smallest absolute Gasteiger partial charge is 0.289 e. The van der Waals surface area contributed by atoms with E-state index in [9.17, 15) is 14.9 Å². The highest BCUT2D eigenvalue weighted by atomic mass is 127. The lowest BCUT2D eigenvalue weighted by Crippen LogP contribution is -2.14. The van der Waals surface area contributed by atoms with Gasteiger partial charge in [-0.15, -0.1) is 0 Å². The molecule has 0 spiro atoms. The van der Waals surface area contributed by atoms with Crippen LogP contribution < -0.4 is 10.6 Å². The van der Waals surface area contributed by atoms with Gasteiger partial charge in [-0.25, -0.2) is 0 Å². The van der Waals surface area contributed by atoms with Crippen LogP contribution in [0, 0.1) is 25.0 Å². The minimum Gasteiger partial charge on any atom is -0.360 e. The zero-order chi connectivity index (χ0) is 18.4. The Morgan fingerprint density at radius 3 is 2.48 bits per heavy atom. The average Bonchev–Trinajstić information content (AvgIpc) is 2.58. The maximum atomic E-state index is 12.1. The molecule has 126 valence electrons. The Morgan fingerprint density at radius 1 is 1.24 bits per heavy atom. The number of halogens is 2. The standard InChI is InChI=1S/C16H10ClIN4O3/c17-14-6-5-13(7-15(14)22(24)25)21-16(23)10(8-19)9-20-12-3-1-11(18)2-4-12/h1-7,9,20H,(H,21,23)/b10-9-. The minimum atomic E-state index is -0.697. The highest BCUT2D eigenvalue weighted by Gasteiger charge is 2.15. The van der Waals surface area contributed by atoms with Crippen LogP contribution in [0.15, 0.2) is 54.2 Å². The molecule has 2 rings (SSSR count). The molecule has 0 aliphatic carbocycles. The molecule has 2 aromatic rings. The summed E-state index contributed by atoms with van der Waals surface area (Å²) in [5.41, 5.74) is 0.356. The summed E-state index contributed by atoms with van der Waals surface area (Å²) in [4.78, 5) is 22.4. The predicted molar refractivity (Wildman–Crippen MR) is 103 cm³/mol. The SMILES string of the molecule is N#C/C(=C/Nc1ccc(I)cc1)C(=O)Nc1ccc(Cl)c([N+](=O)[O-])c1. The highest BCUT2D eigenvalue weighted by Crippen LogP contribution is 2.27. The van der Waals surface area contributed by atoms with E-state index in [1.54, 1.807) is 18.2 Å². The van der Waals surface area contributed by atoms with Crippen molar-refractivity contribution in [2.24, 2.45) is 0 Å². The summed E-state index contributed by atoms with van der Waals surface area (Å²) in [6, 6.07) is 13.0. The summed E-state index contributed by atoms with van der Waals surface area (Å²) in [6.45, 7) is 0. The van der Waals surface area contributed by atoms with Gasteiger partial charge in [-0.05, 0) is 59.0 Å². The number of nitro benzene ring substituents is 1. The van der Waals surface area contributed by atoms with E-state index in [1.807, 2.05) is 12.1 Å². The van der Waals surface area contributed by atoms with E-state index in [-0.39, 0.29) is 22.0 Å². The van der Waals surface area contributed by atoms with Crippen LogP contribution in [0.1, 0.15) is 0 Å². The molecule has 0 unspecified atom stereocenters. The summed E-state index contributed by atoms with van der Waals surface area (Å²) in [7, 11) is 0. The molecule has 0 saturated carbocycles. The normalized spacial score (nSPS) is 10.7. The summed E-state index contributed by atoms with van der Waals surface area (Å²) in [5, 5.41) is 25.2. The van der Waals surface area contributed by atoms with Gasteiger partial charge in [0, 0.05) is 27.2 Å². The maximum absolute atomic E-state index is 12.1. The number of hydrogen-bond acceptors (Lipinski definition) is 5. The van der Waals surface area contributed by atoms with Crippen molar-refractivity contribution in [3.8, 4) is 6.07 Å². The third-order valence-corrected chi connectivity index (χ3v) is 4.03. The zero-order valence-corrected chi connectivity index (χ0v) is 15.4. The molecule has 2 aromatic carbocycles. The summed E-state index contributed by atoms with van der Waals surface area (Å²) < 4.78 is 1.05. The fraction of sp³-hybridized carbons (Fsp3) is 0. The third kappa shape index (κ3) is 5.17.